The minimum absolute atomic E-state index is 0.252. The molecule has 1 rings (SSSR count). The number of hydrogen-bond acceptors (Lipinski definition) is 4. The third-order valence-corrected chi connectivity index (χ3v) is 2.03. The average Bonchev–Trinajstić information content (AvgIpc) is 2.18. The van der Waals surface area contributed by atoms with Crippen LogP contribution in [-0.4, -0.2) is 29.7 Å². The van der Waals surface area contributed by atoms with Gasteiger partial charge >= 0.3 is 0 Å². The van der Waals surface area contributed by atoms with Crippen LogP contribution < -0.4 is 5.32 Å². The Hall–Kier alpha value is -1.16. The van der Waals surface area contributed by atoms with Crippen LogP contribution in [0.1, 0.15) is 13.8 Å². The second kappa shape index (κ2) is 5.54. The summed E-state index contributed by atoms with van der Waals surface area (Å²) in [5.41, 5.74) is 0. The van der Waals surface area contributed by atoms with E-state index in [1.54, 1.807) is 25.6 Å². The van der Waals surface area contributed by atoms with Crippen molar-refractivity contribution >= 4 is 5.95 Å². The summed E-state index contributed by atoms with van der Waals surface area (Å²) in [7, 11) is 1.70. The van der Waals surface area contributed by atoms with Crippen molar-refractivity contribution in [3.63, 3.8) is 0 Å². The highest BCUT2D eigenvalue weighted by Gasteiger charge is 2.13. The van der Waals surface area contributed by atoms with Gasteiger partial charge in [-0.05, 0) is 12.0 Å². The van der Waals surface area contributed by atoms with Crippen molar-refractivity contribution < 1.29 is 4.74 Å². The van der Waals surface area contributed by atoms with Crippen molar-refractivity contribution in [3.05, 3.63) is 18.5 Å². The Labute approximate surface area is 84.7 Å². The Morgan fingerprint density at radius 3 is 2.50 bits per heavy atom. The summed E-state index contributed by atoms with van der Waals surface area (Å²) >= 11 is 0. The molecule has 78 valence electrons. The van der Waals surface area contributed by atoms with E-state index in [-0.39, 0.29) is 6.04 Å². The first-order chi connectivity index (χ1) is 6.74. The fourth-order valence-corrected chi connectivity index (χ4v) is 1.12. The van der Waals surface area contributed by atoms with Gasteiger partial charge in [-0.15, -0.1) is 0 Å². The normalized spacial score (nSPS) is 12.9. The van der Waals surface area contributed by atoms with Crippen LogP contribution in [0.3, 0.4) is 0 Å². The number of nitrogens with zero attached hydrogens (tertiary/aromatic N) is 2. The van der Waals surface area contributed by atoms with Crippen LogP contribution in [0.4, 0.5) is 5.95 Å². The topological polar surface area (TPSA) is 47.0 Å². The zero-order chi connectivity index (χ0) is 10.4. The maximum atomic E-state index is 5.12. The molecule has 4 nitrogen and oxygen atoms in total. The molecule has 4 heteroatoms. The van der Waals surface area contributed by atoms with Crippen molar-refractivity contribution in [2.45, 2.75) is 19.9 Å². The first kappa shape index (κ1) is 10.9. The molecule has 1 heterocycles. The zero-order valence-electron chi connectivity index (χ0n) is 8.90. The lowest BCUT2D eigenvalue weighted by Gasteiger charge is -2.21. The molecule has 0 amide bonds. The van der Waals surface area contributed by atoms with E-state index in [4.69, 9.17) is 4.74 Å². The third kappa shape index (κ3) is 3.30. The van der Waals surface area contributed by atoms with Crippen LogP contribution in [-0.2, 0) is 4.74 Å². The highest BCUT2D eigenvalue weighted by atomic mass is 16.5. The van der Waals surface area contributed by atoms with Crippen LogP contribution >= 0.6 is 0 Å². The molecule has 0 saturated heterocycles. The van der Waals surface area contributed by atoms with E-state index < -0.39 is 0 Å². The van der Waals surface area contributed by atoms with Crippen LogP contribution in [0.25, 0.3) is 0 Å². The smallest absolute Gasteiger partial charge is 0.222 e. The Morgan fingerprint density at radius 1 is 1.36 bits per heavy atom. The van der Waals surface area contributed by atoms with Gasteiger partial charge in [-0.25, -0.2) is 9.97 Å². The quantitative estimate of drug-likeness (QED) is 0.774. The van der Waals surface area contributed by atoms with Crippen LogP contribution in [0.15, 0.2) is 18.5 Å². The lowest BCUT2D eigenvalue weighted by molar-refractivity contribution is 0.171. The SMILES string of the molecule is COCC(Nc1ncccn1)C(C)C. The number of aromatic nitrogens is 2. The van der Waals surface area contributed by atoms with E-state index in [1.807, 2.05) is 0 Å². The van der Waals surface area contributed by atoms with Gasteiger partial charge in [0.2, 0.25) is 5.95 Å². The second-order valence-corrected chi connectivity index (χ2v) is 3.52. The first-order valence-corrected chi connectivity index (χ1v) is 4.76. The van der Waals surface area contributed by atoms with E-state index in [0.29, 0.717) is 18.5 Å². The number of methoxy groups -OCH3 is 1. The van der Waals surface area contributed by atoms with Crippen molar-refractivity contribution in [2.75, 3.05) is 19.0 Å². The minimum Gasteiger partial charge on any atom is -0.383 e. The summed E-state index contributed by atoms with van der Waals surface area (Å²) in [4.78, 5) is 8.21. The molecule has 1 atom stereocenters. The molecule has 0 spiro atoms. The summed E-state index contributed by atoms with van der Waals surface area (Å²) in [5.74, 6) is 1.14. The molecule has 1 unspecified atom stereocenters. The molecule has 1 N–H and O–H groups in total. The Morgan fingerprint density at radius 2 is 2.00 bits per heavy atom. The second-order valence-electron chi connectivity index (χ2n) is 3.52. The van der Waals surface area contributed by atoms with E-state index in [1.165, 1.54) is 0 Å². The molecule has 14 heavy (non-hydrogen) atoms. The van der Waals surface area contributed by atoms with Crippen molar-refractivity contribution in [1.29, 1.82) is 0 Å². The number of hydrogen-bond donors (Lipinski definition) is 1. The van der Waals surface area contributed by atoms with Gasteiger partial charge in [-0.1, -0.05) is 13.8 Å². The van der Waals surface area contributed by atoms with Gasteiger partial charge in [0.25, 0.3) is 0 Å². The Bertz CT molecular complexity index is 251. The molecule has 1 aromatic heterocycles. The van der Waals surface area contributed by atoms with E-state index in [9.17, 15) is 0 Å². The fraction of sp³-hybridized carbons (Fsp3) is 0.600. The molecular formula is C10H17N3O. The van der Waals surface area contributed by atoms with Crippen LogP contribution in [0.5, 0.6) is 0 Å². The van der Waals surface area contributed by atoms with Crippen molar-refractivity contribution in [3.8, 4) is 0 Å². The lowest BCUT2D eigenvalue weighted by atomic mass is 10.1. The Balaban J connectivity index is 2.55. The third-order valence-electron chi connectivity index (χ3n) is 2.03. The molecule has 0 fully saturated rings. The van der Waals surface area contributed by atoms with Crippen LogP contribution in [0, 0.1) is 5.92 Å². The maximum absolute atomic E-state index is 5.12. The number of nitrogens with one attached hydrogen (secondary N) is 1. The predicted molar refractivity (Wildman–Crippen MR) is 56.2 cm³/mol. The lowest BCUT2D eigenvalue weighted by Crippen LogP contribution is -2.31. The molecule has 0 aromatic carbocycles. The molecule has 0 bridgehead atoms. The molecule has 1 aromatic rings. The number of anilines is 1. The van der Waals surface area contributed by atoms with Crippen molar-refractivity contribution in [1.82, 2.24) is 9.97 Å². The van der Waals surface area contributed by atoms with Gasteiger partial charge in [0.15, 0.2) is 0 Å². The molecule has 0 aliphatic heterocycles. The monoisotopic (exact) mass is 195 g/mol. The molecule has 0 aliphatic carbocycles. The maximum Gasteiger partial charge on any atom is 0.222 e. The average molecular weight is 195 g/mol. The van der Waals surface area contributed by atoms with Gasteiger partial charge < -0.3 is 10.1 Å². The Kier molecular flexibility index (Phi) is 4.32. The molecule has 0 saturated carbocycles. The van der Waals surface area contributed by atoms with Crippen molar-refractivity contribution in [2.24, 2.45) is 5.92 Å². The van der Waals surface area contributed by atoms with Gasteiger partial charge in [0, 0.05) is 19.5 Å². The minimum atomic E-state index is 0.252. The first-order valence-electron chi connectivity index (χ1n) is 4.76. The van der Waals surface area contributed by atoms with Gasteiger partial charge in [0.05, 0.1) is 12.6 Å². The van der Waals surface area contributed by atoms with Gasteiger partial charge in [0.1, 0.15) is 0 Å². The predicted octanol–water partition coefficient (Wildman–Crippen LogP) is 1.56. The summed E-state index contributed by atoms with van der Waals surface area (Å²) < 4.78 is 5.12. The summed E-state index contributed by atoms with van der Waals surface area (Å²) in [5, 5.41) is 3.23. The highest BCUT2D eigenvalue weighted by Crippen LogP contribution is 2.07. The van der Waals surface area contributed by atoms with Gasteiger partial charge in [-0.2, -0.15) is 0 Å². The van der Waals surface area contributed by atoms with E-state index in [2.05, 4.69) is 29.1 Å². The van der Waals surface area contributed by atoms with Gasteiger partial charge in [-0.3, -0.25) is 0 Å². The molecule has 0 aliphatic rings. The zero-order valence-corrected chi connectivity index (χ0v) is 8.90. The molecule has 0 radical (unpaired) electrons. The van der Waals surface area contributed by atoms with Crippen LogP contribution in [0.2, 0.25) is 0 Å². The molecular weight excluding hydrogens is 178 g/mol. The summed E-state index contributed by atoms with van der Waals surface area (Å²) in [6.07, 6.45) is 3.44. The fourth-order valence-electron chi connectivity index (χ4n) is 1.12. The summed E-state index contributed by atoms with van der Waals surface area (Å²) in [6, 6.07) is 2.05. The van der Waals surface area contributed by atoms with E-state index >= 15 is 0 Å². The number of ether oxygens (including phenoxy) is 1. The largest absolute Gasteiger partial charge is 0.383 e. The summed E-state index contributed by atoms with van der Waals surface area (Å²) in [6.45, 7) is 4.94. The standard InChI is InChI=1S/C10H17N3O/c1-8(2)9(7-14-3)13-10-11-5-4-6-12-10/h4-6,8-9H,7H2,1-3H3,(H,11,12,13). The number of rotatable bonds is 5. The van der Waals surface area contributed by atoms with E-state index in [0.717, 1.165) is 0 Å². The highest BCUT2D eigenvalue weighted by molar-refractivity contribution is 5.24.